The van der Waals surface area contributed by atoms with Crippen LogP contribution in [0.15, 0.2) is 60.7 Å². The van der Waals surface area contributed by atoms with Crippen LogP contribution in [0.5, 0.6) is 0 Å². The van der Waals surface area contributed by atoms with Crippen LogP contribution in [0, 0.1) is 11.8 Å². The predicted molar refractivity (Wildman–Crippen MR) is 110 cm³/mol. The average Bonchev–Trinajstić information content (AvgIpc) is 3.24. The molecule has 29 heavy (non-hydrogen) atoms. The number of amides is 3. The van der Waals surface area contributed by atoms with Gasteiger partial charge in [-0.15, -0.1) is 11.8 Å². The third-order valence-electron chi connectivity index (χ3n) is 5.98. The maximum atomic E-state index is 13.6. The fourth-order valence-electron chi connectivity index (χ4n) is 4.92. The molecule has 5 rings (SSSR count). The second kappa shape index (κ2) is 6.18. The van der Waals surface area contributed by atoms with Crippen LogP contribution in [0.4, 0.5) is 11.4 Å². The summed E-state index contributed by atoms with van der Waals surface area (Å²) >= 11 is 1.30. The lowest BCUT2D eigenvalue weighted by Crippen LogP contribution is -2.58. The maximum absolute atomic E-state index is 13.6. The quantitative estimate of drug-likeness (QED) is 0.728. The lowest BCUT2D eigenvalue weighted by molar-refractivity contribution is -0.133. The fourth-order valence-corrected chi connectivity index (χ4v) is 6.21. The first-order chi connectivity index (χ1) is 14.0. The molecule has 3 amide bonds. The molecule has 0 aromatic heterocycles. The number of hydrogen-bond donors (Lipinski definition) is 0. The molecule has 3 aliphatic heterocycles. The molecule has 3 saturated heterocycles. The van der Waals surface area contributed by atoms with Crippen LogP contribution in [-0.2, 0) is 19.1 Å². The molecule has 4 unspecified atom stereocenters. The van der Waals surface area contributed by atoms with Gasteiger partial charge in [-0.3, -0.25) is 19.3 Å². The molecule has 4 atom stereocenters. The molecule has 3 fully saturated rings. The number of carbonyl (C=O) groups is 3. The summed E-state index contributed by atoms with van der Waals surface area (Å²) in [6, 6.07) is 18.1. The third kappa shape index (κ3) is 2.20. The highest BCUT2D eigenvalue weighted by Crippen LogP contribution is 2.63. The minimum absolute atomic E-state index is 0.268. The number of anilines is 2. The van der Waals surface area contributed by atoms with Gasteiger partial charge in [0.25, 0.3) is 5.91 Å². The molecule has 3 heterocycles. The van der Waals surface area contributed by atoms with Crippen molar-refractivity contribution in [2.75, 3.05) is 15.6 Å². The zero-order chi connectivity index (χ0) is 20.4. The van der Waals surface area contributed by atoms with E-state index in [1.165, 1.54) is 16.7 Å². The average molecular weight is 408 g/mol. The van der Waals surface area contributed by atoms with Crippen molar-refractivity contribution in [3.8, 4) is 0 Å². The van der Waals surface area contributed by atoms with Crippen LogP contribution in [0.2, 0.25) is 0 Å². The Labute approximate surface area is 172 Å². The van der Waals surface area contributed by atoms with Gasteiger partial charge in [-0.25, -0.2) is 4.90 Å². The van der Waals surface area contributed by atoms with E-state index in [1.54, 1.807) is 36.1 Å². The zero-order valence-electron chi connectivity index (χ0n) is 16.1. The molecular formula is C22H20N2O4S. The first-order valence-corrected chi connectivity index (χ1v) is 10.6. The van der Waals surface area contributed by atoms with E-state index in [-0.39, 0.29) is 17.7 Å². The number of piperidine rings is 1. The first kappa shape index (κ1) is 18.4. The Morgan fingerprint density at radius 1 is 0.897 bits per heavy atom. The molecule has 0 saturated carbocycles. The summed E-state index contributed by atoms with van der Waals surface area (Å²) in [6.07, 6.45) is 0. The van der Waals surface area contributed by atoms with Gasteiger partial charge >= 0.3 is 0 Å². The maximum Gasteiger partial charge on any atom is 0.273 e. The van der Waals surface area contributed by atoms with E-state index in [4.69, 9.17) is 4.74 Å². The number of benzene rings is 2. The lowest BCUT2D eigenvalue weighted by Gasteiger charge is -2.38. The summed E-state index contributed by atoms with van der Waals surface area (Å²) in [4.78, 5) is 42.0. The van der Waals surface area contributed by atoms with E-state index >= 15 is 0 Å². The second-order valence-corrected chi connectivity index (χ2v) is 9.01. The van der Waals surface area contributed by atoms with Gasteiger partial charge in [0.15, 0.2) is 5.72 Å². The number of carbonyl (C=O) groups excluding carboxylic acids is 3. The standard InChI is InChI=1S/C22H20N2O4S/c1-3-29-22-17-16(18(25)23(19(17)26)14-10-6-4-7-11-14)21(2,28-22)24(20(22)27)15-12-8-5-9-13-15/h4-13,16-17H,3H2,1-2H3. The van der Waals surface area contributed by atoms with Crippen LogP contribution in [-0.4, -0.2) is 34.1 Å². The molecule has 0 N–H and O–H groups in total. The van der Waals surface area contributed by atoms with E-state index in [1.807, 2.05) is 43.3 Å². The minimum Gasteiger partial charge on any atom is -0.327 e. The van der Waals surface area contributed by atoms with Crippen molar-refractivity contribution in [1.82, 2.24) is 0 Å². The highest BCUT2D eigenvalue weighted by atomic mass is 32.2. The zero-order valence-corrected chi connectivity index (χ0v) is 16.9. The van der Waals surface area contributed by atoms with Crippen LogP contribution in [0.25, 0.3) is 0 Å². The summed E-state index contributed by atoms with van der Waals surface area (Å²) in [5, 5.41) is 0. The SMILES string of the molecule is CCSC12OC(C)(C3C(=O)N(c4ccccc4)C(=O)C31)N(c1ccccc1)C2=O. The molecule has 2 aromatic rings. The van der Waals surface area contributed by atoms with Crippen LogP contribution in [0.1, 0.15) is 13.8 Å². The molecular weight excluding hydrogens is 388 g/mol. The number of ether oxygens (including phenoxy) is 1. The van der Waals surface area contributed by atoms with Crippen molar-refractivity contribution >= 4 is 40.9 Å². The minimum atomic E-state index is -1.39. The van der Waals surface area contributed by atoms with Gasteiger partial charge in [0.2, 0.25) is 16.7 Å². The van der Waals surface area contributed by atoms with E-state index in [2.05, 4.69) is 0 Å². The van der Waals surface area contributed by atoms with Gasteiger partial charge in [-0.05, 0) is 36.9 Å². The highest BCUT2D eigenvalue weighted by Gasteiger charge is 2.81. The van der Waals surface area contributed by atoms with Crippen molar-refractivity contribution < 1.29 is 19.1 Å². The molecule has 0 aliphatic carbocycles. The lowest BCUT2D eigenvalue weighted by atomic mass is 9.81. The molecule has 0 spiro atoms. The summed E-state index contributed by atoms with van der Waals surface area (Å²) in [7, 11) is 0. The monoisotopic (exact) mass is 408 g/mol. The molecule has 3 aliphatic rings. The number of imide groups is 1. The Bertz CT molecular complexity index is 1010. The highest BCUT2D eigenvalue weighted by molar-refractivity contribution is 8.01. The van der Waals surface area contributed by atoms with Crippen LogP contribution < -0.4 is 9.80 Å². The van der Waals surface area contributed by atoms with Crippen LogP contribution in [0.3, 0.4) is 0 Å². The Kier molecular flexibility index (Phi) is 3.92. The number of thioether (sulfide) groups is 1. The van der Waals surface area contributed by atoms with Crippen molar-refractivity contribution in [2.45, 2.75) is 24.5 Å². The van der Waals surface area contributed by atoms with Gasteiger partial charge in [0.05, 0.1) is 5.69 Å². The van der Waals surface area contributed by atoms with Crippen LogP contribution >= 0.6 is 11.8 Å². The van der Waals surface area contributed by atoms with Gasteiger partial charge < -0.3 is 4.74 Å². The summed E-state index contributed by atoms with van der Waals surface area (Å²) in [5.41, 5.74) is -0.0349. The Morgan fingerprint density at radius 3 is 2.03 bits per heavy atom. The van der Waals surface area contributed by atoms with Gasteiger partial charge in [-0.1, -0.05) is 43.3 Å². The second-order valence-electron chi connectivity index (χ2n) is 7.54. The molecule has 7 heteroatoms. The predicted octanol–water partition coefficient (Wildman–Crippen LogP) is 3.03. The normalized spacial score (nSPS) is 33.0. The number of hydrogen-bond acceptors (Lipinski definition) is 5. The van der Waals surface area contributed by atoms with E-state index in [0.29, 0.717) is 17.1 Å². The summed E-state index contributed by atoms with van der Waals surface area (Å²) in [6.45, 7) is 3.67. The van der Waals surface area contributed by atoms with Gasteiger partial charge in [0, 0.05) is 5.69 Å². The summed E-state index contributed by atoms with van der Waals surface area (Å²) < 4.78 is 6.33. The largest absolute Gasteiger partial charge is 0.327 e. The Hall–Kier alpha value is -2.64. The smallest absolute Gasteiger partial charge is 0.273 e. The van der Waals surface area contributed by atoms with Gasteiger partial charge in [0.1, 0.15) is 11.8 Å². The molecule has 148 valence electrons. The van der Waals surface area contributed by atoms with Crippen molar-refractivity contribution in [1.29, 1.82) is 0 Å². The van der Waals surface area contributed by atoms with E-state index in [9.17, 15) is 14.4 Å². The topological polar surface area (TPSA) is 66.9 Å². The number of para-hydroxylation sites is 2. The summed E-state index contributed by atoms with van der Waals surface area (Å²) in [5.74, 6) is -1.96. The molecule has 2 bridgehead atoms. The van der Waals surface area contributed by atoms with Crippen molar-refractivity contribution in [3.63, 3.8) is 0 Å². The Morgan fingerprint density at radius 2 is 1.45 bits per heavy atom. The Balaban J connectivity index is 1.67. The number of fused-ring (bicyclic) bond motifs is 5. The fraction of sp³-hybridized carbons (Fsp3) is 0.318. The molecule has 0 radical (unpaired) electrons. The first-order valence-electron chi connectivity index (χ1n) is 9.62. The number of nitrogens with zero attached hydrogens (tertiary/aromatic N) is 2. The van der Waals surface area contributed by atoms with E-state index < -0.39 is 22.5 Å². The van der Waals surface area contributed by atoms with E-state index in [0.717, 1.165) is 0 Å². The van der Waals surface area contributed by atoms with Crippen molar-refractivity contribution in [2.24, 2.45) is 11.8 Å². The van der Waals surface area contributed by atoms with Crippen molar-refractivity contribution in [3.05, 3.63) is 60.7 Å². The number of rotatable bonds is 4. The molecule has 6 nitrogen and oxygen atoms in total. The third-order valence-corrected chi connectivity index (χ3v) is 7.21. The molecule has 2 aromatic carbocycles. The van der Waals surface area contributed by atoms with Gasteiger partial charge in [-0.2, -0.15) is 0 Å².